The van der Waals surface area contributed by atoms with E-state index < -0.39 is 58.0 Å². The molecule has 3 rings (SSSR count). The molecule has 0 aliphatic carbocycles. The van der Waals surface area contributed by atoms with Crippen LogP contribution in [0, 0.1) is 0 Å². The third-order valence-electron chi connectivity index (χ3n) is 5.98. The number of aliphatic carboxylic acids is 1. The fourth-order valence-corrected chi connectivity index (χ4v) is 5.73. The Hall–Kier alpha value is -2.67. The van der Waals surface area contributed by atoms with Gasteiger partial charge in [-0.15, -0.1) is 11.8 Å². The lowest BCUT2D eigenvalue weighted by atomic mass is 9.95. The number of ether oxygens (including phenoxy) is 1. The number of amides is 2. The number of nitrogens with one attached hydrogen (secondary N) is 1. The highest BCUT2D eigenvalue weighted by Gasteiger charge is 2.64. The third kappa shape index (κ3) is 5.19. The number of β-lactam (4-membered cyclic amide) rings is 1. The van der Waals surface area contributed by atoms with Gasteiger partial charge in [-0.3, -0.25) is 9.59 Å². The molecule has 2 amide bonds. The number of nitrogens with zero attached hydrogens (tertiary/aromatic N) is 1. The summed E-state index contributed by atoms with van der Waals surface area (Å²) >= 11 is 1.34. The van der Waals surface area contributed by atoms with Gasteiger partial charge in [0.2, 0.25) is 11.8 Å². The van der Waals surface area contributed by atoms with Crippen LogP contribution >= 0.6 is 11.8 Å². The van der Waals surface area contributed by atoms with E-state index in [4.69, 9.17) is 21.9 Å². The molecule has 0 aromatic heterocycles. The van der Waals surface area contributed by atoms with Gasteiger partial charge < -0.3 is 37.3 Å². The fraction of sp³-hybridized carbons (Fsp3) is 0.545. The van der Waals surface area contributed by atoms with Gasteiger partial charge in [-0.1, -0.05) is 18.6 Å². The largest absolute Gasteiger partial charge is 0.480 e. The van der Waals surface area contributed by atoms with Crippen molar-refractivity contribution in [2.75, 3.05) is 6.54 Å². The van der Waals surface area contributed by atoms with Crippen molar-refractivity contribution in [2.24, 2.45) is 17.2 Å². The molecule has 0 spiro atoms. The van der Waals surface area contributed by atoms with Crippen LogP contribution in [-0.2, 0) is 19.2 Å². The molecule has 8 N–H and O–H groups in total. The second-order valence-electron chi connectivity index (χ2n) is 8.94. The summed E-state index contributed by atoms with van der Waals surface area (Å²) in [5.41, 5.74) is 17.8. The maximum atomic E-state index is 12.7. The highest BCUT2D eigenvalue weighted by atomic mass is 32.2. The zero-order valence-corrected chi connectivity index (χ0v) is 19.9. The van der Waals surface area contributed by atoms with Gasteiger partial charge in [0.1, 0.15) is 35.3 Å². The first-order chi connectivity index (χ1) is 16.0. The summed E-state index contributed by atoms with van der Waals surface area (Å²) in [6.45, 7) is 4.05. The number of hydrogen-bond donors (Lipinski definition) is 5. The Bertz CT molecular complexity index is 956. The Balaban J connectivity index is 1.56. The Morgan fingerprint density at radius 3 is 2.44 bits per heavy atom. The molecule has 186 valence electrons. The van der Waals surface area contributed by atoms with Gasteiger partial charge in [-0.25, -0.2) is 9.59 Å². The van der Waals surface area contributed by atoms with Crippen LogP contribution in [0.3, 0.4) is 0 Å². The number of carboxylic acid groups (broad SMARTS) is 1. The summed E-state index contributed by atoms with van der Waals surface area (Å²) in [5.74, 6) is -2.38. The van der Waals surface area contributed by atoms with Crippen molar-refractivity contribution in [3.8, 4) is 5.75 Å². The zero-order chi connectivity index (χ0) is 25.2. The van der Waals surface area contributed by atoms with E-state index in [-0.39, 0.29) is 5.75 Å². The molecule has 0 bridgehead atoms. The number of fused-ring (bicyclic) bond motifs is 1. The van der Waals surface area contributed by atoms with E-state index in [2.05, 4.69) is 5.32 Å². The maximum Gasteiger partial charge on any atom is 0.328 e. The molecule has 5 atom stereocenters. The Morgan fingerprint density at radius 1 is 1.21 bits per heavy atom. The lowest BCUT2D eigenvalue weighted by molar-refractivity contribution is -0.161. The molecule has 2 fully saturated rings. The number of esters is 1. The quantitative estimate of drug-likeness (QED) is 0.125. The minimum absolute atomic E-state index is 0.268. The summed E-state index contributed by atoms with van der Waals surface area (Å²) in [7, 11) is 0. The number of nitrogens with two attached hydrogens (primary N) is 3. The standard InChI is InChI=1S/C22H31N5O6S/c1-22(2)16(20(30)31)27-18(29)15(19(27)34-22)26-17(28)14(25)11-6-8-12(9-7-11)33-21(32)13(24)5-3-4-10-23/h6-9,13-16,19H,3-5,10,23-25H2,1-2H3,(H,26,28)(H,30,31)/t13-,14?,15+,16-,19+/m0/s1. The molecule has 1 unspecified atom stereocenters. The van der Waals surface area contributed by atoms with Crippen LogP contribution in [0.1, 0.15) is 44.7 Å². The molecule has 1 aromatic rings. The predicted molar refractivity (Wildman–Crippen MR) is 126 cm³/mol. The molecule has 2 heterocycles. The Labute approximate surface area is 201 Å². The molecular weight excluding hydrogens is 462 g/mol. The second kappa shape index (κ2) is 10.3. The van der Waals surface area contributed by atoms with Gasteiger partial charge in [0.05, 0.1) is 0 Å². The molecule has 2 aliphatic heterocycles. The van der Waals surface area contributed by atoms with Crippen LogP contribution in [0.25, 0.3) is 0 Å². The minimum Gasteiger partial charge on any atom is -0.480 e. The molecule has 2 aliphatic rings. The lowest BCUT2D eigenvalue weighted by Crippen LogP contribution is -2.71. The molecule has 0 radical (unpaired) electrons. The Morgan fingerprint density at radius 2 is 1.85 bits per heavy atom. The average Bonchev–Trinajstić information content (AvgIpc) is 3.05. The second-order valence-corrected chi connectivity index (χ2v) is 10.7. The predicted octanol–water partition coefficient (Wildman–Crippen LogP) is -0.320. The van der Waals surface area contributed by atoms with Crippen molar-refractivity contribution in [3.05, 3.63) is 29.8 Å². The number of carbonyl (C=O) groups is 4. The van der Waals surface area contributed by atoms with Gasteiger partial charge in [0, 0.05) is 4.75 Å². The van der Waals surface area contributed by atoms with E-state index in [0.717, 1.165) is 12.8 Å². The average molecular weight is 494 g/mol. The van der Waals surface area contributed by atoms with Crippen LogP contribution in [0.15, 0.2) is 24.3 Å². The lowest BCUT2D eigenvalue weighted by Gasteiger charge is -2.43. The summed E-state index contributed by atoms with van der Waals surface area (Å²) in [5, 5.41) is 11.7. The number of thioether (sulfide) groups is 1. The van der Waals surface area contributed by atoms with Crippen LogP contribution in [0.4, 0.5) is 0 Å². The SMILES string of the molecule is CC1(C)S[C@@H]2[C@H](NC(=O)C(N)c3ccc(OC(=O)[C@@H](N)CCCCN)cc3)C(=O)N2[C@H]1C(=O)O. The van der Waals surface area contributed by atoms with E-state index in [9.17, 15) is 24.3 Å². The van der Waals surface area contributed by atoms with Crippen molar-refractivity contribution >= 4 is 35.5 Å². The maximum absolute atomic E-state index is 12.7. The number of carboxylic acids is 1. The molecule has 34 heavy (non-hydrogen) atoms. The number of benzene rings is 1. The van der Waals surface area contributed by atoms with E-state index in [1.165, 1.54) is 28.8 Å². The van der Waals surface area contributed by atoms with Crippen molar-refractivity contribution in [1.82, 2.24) is 10.2 Å². The third-order valence-corrected chi connectivity index (χ3v) is 7.56. The number of unbranched alkanes of at least 4 members (excludes halogenated alkanes) is 1. The first-order valence-electron chi connectivity index (χ1n) is 11.0. The van der Waals surface area contributed by atoms with Crippen LogP contribution in [0.2, 0.25) is 0 Å². The zero-order valence-electron chi connectivity index (χ0n) is 19.1. The van der Waals surface area contributed by atoms with Gasteiger partial charge in [-0.2, -0.15) is 0 Å². The van der Waals surface area contributed by atoms with Crippen LogP contribution in [-0.4, -0.2) is 68.6 Å². The Kier molecular flexibility index (Phi) is 7.86. The first kappa shape index (κ1) is 25.9. The molecule has 11 nitrogen and oxygen atoms in total. The topological polar surface area (TPSA) is 191 Å². The van der Waals surface area contributed by atoms with E-state index >= 15 is 0 Å². The van der Waals surface area contributed by atoms with Crippen LogP contribution in [0.5, 0.6) is 5.75 Å². The van der Waals surface area contributed by atoms with Gasteiger partial charge >= 0.3 is 11.9 Å². The smallest absolute Gasteiger partial charge is 0.328 e. The fourth-order valence-electron chi connectivity index (χ4n) is 4.10. The monoisotopic (exact) mass is 493 g/mol. The number of rotatable bonds is 10. The molecular formula is C22H31N5O6S. The van der Waals surface area contributed by atoms with Crippen molar-refractivity contribution in [3.63, 3.8) is 0 Å². The highest BCUT2D eigenvalue weighted by molar-refractivity contribution is 8.01. The normalized spacial score (nSPS) is 24.6. The van der Waals surface area contributed by atoms with Gasteiger partial charge in [0.15, 0.2) is 0 Å². The minimum atomic E-state index is -1.08. The van der Waals surface area contributed by atoms with Crippen LogP contribution < -0.4 is 27.3 Å². The summed E-state index contributed by atoms with van der Waals surface area (Å²) in [6, 6.07) is 2.50. The van der Waals surface area contributed by atoms with Gasteiger partial charge in [-0.05, 0) is 50.9 Å². The molecule has 1 aromatic carbocycles. The van der Waals surface area contributed by atoms with E-state index in [0.29, 0.717) is 18.5 Å². The summed E-state index contributed by atoms with van der Waals surface area (Å²) in [6.07, 6.45) is 1.97. The van der Waals surface area contributed by atoms with Crippen molar-refractivity contribution < 1.29 is 29.0 Å². The number of hydrogen-bond acceptors (Lipinski definition) is 9. The van der Waals surface area contributed by atoms with E-state index in [1.807, 2.05) is 0 Å². The first-order valence-corrected chi connectivity index (χ1v) is 11.9. The van der Waals surface area contributed by atoms with E-state index in [1.54, 1.807) is 26.0 Å². The highest BCUT2D eigenvalue weighted by Crippen LogP contribution is 2.50. The van der Waals surface area contributed by atoms with Crippen molar-refractivity contribution in [1.29, 1.82) is 0 Å². The summed E-state index contributed by atoms with van der Waals surface area (Å²) < 4.78 is 4.58. The molecule has 12 heteroatoms. The molecule has 2 saturated heterocycles. The number of carbonyl (C=O) groups excluding carboxylic acids is 3. The molecule has 0 saturated carbocycles. The van der Waals surface area contributed by atoms with Gasteiger partial charge in [0.25, 0.3) is 0 Å². The van der Waals surface area contributed by atoms with Crippen molar-refractivity contribution in [2.45, 2.75) is 67.4 Å². The summed E-state index contributed by atoms with van der Waals surface area (Å²) in [4.78, 5) is 50.2.